The molecule has 2 aliphatic heterocycles. The average Bonchev–Trinajstić information content (AvgIpc) is 3.41. The lowest BCUT2D eigenvalue weighted by atomic mass is 10.0. The predicted octanol–water partition coefficient (Wildman–Crippen LogP) is 4.88. The fourth-order valence-corrected chi connectivity index (χ4v) is 4.05. The monoisotopic (exact) mass is 394 g/mol. The first kappa shape index (κ1) is 19.8. The van der Waals surface area contributed by atoms with E-state index in [2.05, 4.69) is 42.3 Å². The molecular weight excluding hydrogens is 364 g/mol. The lowest BCUT2D eigenvalue weighted by Gasteiger charge is -2.18. The highest BCUT2D eigenvalue weighted by molar-refractivity contribution is 5.73. The molecule has 0 radical (unpaired) electrons. The van der Waals surface area contributed by atoms with E-state index in [-0.39, 0.29) is 6.10 Å². The molecule has 0 bridgehead atoms. The van der Waals surface area contributed by atoms with Crippen LogP contribution in [0.15, 0.2) is 54.2 Å². The zero-order valence-corrected chi connectivity index (χ0v) is 17.6. The quantitative estimate of drug-likeness (QED) is 0.669. The van der Waals surface area contributed by atoms with Gasteiger partial charge in [-0.25, -0.2) is 5.06 Å². The van der Waals surface area contributed by atoms with Crippen LogP contribution in [-0.4, -0.2) is 44.9 Å². The Morgan fingerprint density at radius 2 is 1.76 bits per heavy atom. The highest BCUT2D eigenvalue weighted by Crippen LogP contribution is 2.35. The summed E-state index contributed by atoms with van der Waals surface area (Å²) < 4.78 is 10.8. The molecule has 2 aromatic rings. The minimum absolute atomic E-state index is 0.124. The van der Waals surface area contributed by atoms with Crippen molar-refractivity contribution in [1.82, 2.24) is 4.90 Å². The topological polar surface area (TPSA) is 34.2 Å². The van der Waals surface area contributed by atoms with Crippen LogP contribution < -0.4 is 14.5 Å². The Hall–Kier alpha value is -2.50. The Kier molecular flexibility index (Phi) is 6.07. The van der Waals surface area contributed by atoms with Gasteiger partial charge < -0.3 is 14.4 Å². The van der Waals surface area contributed by atoms with Gasteiger partial charge in [-0.2, -0.15) is 0 Å². The van der Waals surface area contributed by atoms with E-state index in [1.54, 1.807) is 14.2 Å². The van der Waals surface area contributed by atoms with Crippen LogP contribution in [0, 0.1) is 0 Å². The Morgan fingerprint density at radius 3 is 2.45 bits per heavy atom. The number of hydrogen-bond donors (Lipinski definition) is 0. The number of anilines is 1. The van der Waals surface area contributed by atoms with E-state index in [0.29, 0.717) is 0 Å². The van der Waals surface area contributed by atoms with Crippen molar-refractivity contribution < 1.29 is 14.3 Å². The van der Waals surface area contributed by atoms with Crippen LogP contribution in [0.4, 0.5) is 5.69 Å². The second-order valence-electron chi connectivity index (χ2n) is 7.69. The summed E-state index contributed by atoms with van der Waals surface area (Å²) in [6.07, 6.45) is 6.02. The van der Waals surface area contributed by atoms with Crippen LogP contribution in [0.5, 0.6) is 11.5 Å². The molecular formula is C24H30N2O3. The molecule has 1 saturated heterocycles. The van der Waals surface area contributed by atoms with Crippen molar-refractivity contribution >= 4 is 5.69 Å². The summed E-state index contributed by atoms with van der Waals surface area (Å²) in [6, 6.07) is 14.3. The van der Waals surface area contributed by atoms with Crippen molar-refractivity contribution in [2.45, 2.75) is 32.3 Å². The third kappa shape index (κ3) is 4.41. The van der Waals surface area contributed by atoms with E-state index < -0.39 is 0 Å². The summed E-state index contributed by atoms with van der Waals surface area (Å²) in [5.41, 5.74) is 4.53. The molecule has 0 aliphatic carbocycles. The number of methoxy groups -OCH3 is 2. The SMILES string of the molecule is COc1ccc(-c2ccc(N3C=C(CCN4CCCC4)C(C)O3)cc2)c(OC)c1. The summed E-state index contributed by atoms with van der Waals surface area (Å²) in [5.74, 6) is 1.58. The van der Waals surface area contributed by atoms with Gasteiger partial charge >= 0.3 is 0 Å². The fraction of sp³-hybridized carbons (Fsp3) is 0.417. The van der Waals surface area contributed by atoms with Crippen LogP contribution >= 0.6 is 0 Å². The lowest BCUT2D eigenvalue weighted by Crippen LogP contribution is -2.22. The molecule has 5 heteroatoms. The van der Waals surface area contributed by atoms with E-state index in [1.807, 2.05) is 23.3 Å². The van der Waals surface area contributed by atoms with E-state index >= 15 is 0 Å². The number of likely N-dealkylation sites (tertiary alicyclic amines) is 1. The van der Waals surface area contributed by atoms with Crippen molar-refractivity contribution in [1.29, 1.82) is 0 Å². The molecule has 2 aliphatic rings. The third-order valence-corrected chi connectivity index (χ3v) is 5.83. The first-order chi connectivity index (χ1) is 14.2. The van der Waals surface area contributed by atoms with Crippen LogP contribution in [-0.2, 0) is 4.84 Å². The summed E-state index contributed by atoms with van der Waals surface area (Å²) in [6.45, 7) is 5.74. The second-order valence-corrected chi connectivity index (χ2v) is 7.69. The molecule has 5 nitrogen and oxygen atoms in total. The Bertz CT molecular complexity index is 857. The first-order valence-corrected chi connectivity index (χ1v) is 10.4. The Labute approximate surface area is 173 Å². The molecule has 0 saturated carbocycles. The molecule has 2 aromatic carbocycles. The maximum Gasteiger partial charge on any atom is 0.130 e. The third-order valence-electron chi connectivity index (χ3n) is 5.83. The molecule has 1 unspecified atom stereocenters. The number of rotatable bonds is 7. The highest BCUT2D eigenvalue weighted by Gasteiger charge is 2.24. The van der Waals surface area contributed by atoms with Crippen molar-refractivity contribution in [3.05, 3.63) is 54.2 Å². The van der Waals surface area contributed by atoms with Gasteiger partial charge in [-0.3, -0.25) is 4.84 Å². The number of hydroxylamine groups is 1. The van der Waals surface area contributed by atoms with Gasteiger partial charge in [0.1, 0.15) is 17.6 Å². The molecule has 154 valence electrons. The average molecular weight is 395 g/mol. The summed E-state index contributed by atoms with van der Waals surface area (Å²) in [7, 11) is 3.34. The van der Waals surface area contributed by atoms with Crippen LogP contribution in [0.2, 0.25) is 0 Å². The number of nitrogens with zero attached hydrogens (tertiary/aromatic N) is 2. The predicted molar refractivity (Wildman–Crippen MR) is 116 cm³/mol. The van der Waals surface area contributed by atoms with Crippen LogP contribution in [0.3, 0.4) is 0 Å². The molecule has 2 heterocycles. The van der Waals surface area contributed by atoms with Crippen molar-refractivity contribution in [3.8, 4) is 22.6 Å². The van der Waals surface area contributed by atoms with Crippen molar-refractivity contribution in [2.75, 3.05) is 38.9 Å². The minimum Gasteiger partial charge on any atom is -0.497 e. The van der Waals surface area contributed by atoms with Crippen molar-refractivity contribution in [2.24, 2.45) is 0 Å². The molecule has 1 atom stereocenters. The van der Waals surface area contributed by atoms with Gasteiger partial charge in [0.25, 0.3) is 0 Å². The second kappa shape index (κ2) is 8.89. The van der Waals surface area contributed by atoms with E-state index in [1.165, 1.54) is 31.5 Å². The van der Waals surface area contributed by atoms with E-state index in [9.17, 15) is 0 Å². The molecule has 29 heavy (non-hydrogen) atoms. The van der Waals surface area contributed by atoms with Crippen LogP contribution in [0.1, 0.15) is 26.2 Å². The van der Waals surface area contributed by atoms with Crippen LogP contribution in [0.25, 0.3) is 11.1 Å². The molecule has 0 N–H and O–H groups in total. The normalized spacial score (nSPS) is 19.5. The minimum atomic E-state index is 0.124. The Balaban J connectivity index is 1.46. The van der Waals surface area contributed by atoms with E-state index in [4.69, 9.17) is 14.3 Å². The standard InChI is InChI=1S/C24H30N2O3/c1-18-20(12-15-25-13-4-5-14-25)17-26(29-18)21-8-6-19(7-9-21)23-11-10-22(27-2)16-24(23)28-3/h6-11,16-18H,4-5,12-15H2,1-3H3. The van der Waals surface area contributed by atoms with Gasteiger partial charge in [-0.15, -0.1) is 0 Å². The van der Waals surface area contributed by atoms with Gasteiger partial charge in [-0.05, 0) is 74.7 Å². The Morgan fingerprint density at radius 1 is 1.00 bits per heavy atom. The smallest absolute Gasteiger partial charge is 0.130 e. The fourth-order valence-electron chi connectivity index (χ4n) is 4.05. The molecule has 0 amide bonds. The zero-order valence-electron chi connectivity index (χ0n) is 17.6. The van der Waals surface area contributed by atoms with Gasteiger partial charge in [0.15, 0.2) is 0 Å². The summed E-state index contributed by atoms with van der Waals surface area (Å²) in [4.78, 5) is 8.63. The van der Waals surface area contributed by atoms with Gasteiger partial charge in [0.2, 0.25) is 0 Å². The number of ether oxygens (including phenoxy) is 2. The van der Waals surface area contributed by atoms with Gasteiger partial charge in [0, 0.05) is 24.4 Å². The lowest BCUT2D eigenvalue weighted by molar-refractivity contribution is 0.107. The highest BCUT2D eigenvalue weighted by atomic mass is 16.7. The summed E-state index contributed by atoms with van der Waals surface area (Å²) in [5, 5.41) is 1.90. The number of benzene rings is 2. The van der Waals surface area contributed by atoms with Crippen molar-refractivity contribution in [3.63, 3.8) is 0 Å². The maximum atomic E-state index is 6.08. The zero-order chi connectivity index (χ0) is 20.2. The molecule has 4 rings (SSSR count). The van der Waals surface area contributed by atoms with Gasteiger partial charge in [-0.1, -0.05) is 12.1 Å². The first-order valence-electron chi connectivity index (χ1n) is 10.4. The largest absolute Gasteiger partial charge is 0.497 e. The summed E-state index contributed by atoms with van der Waals surface area (Å²) >= 11 is 0. The molecule has 0 aromatic heterocycles. The van der Waals surface area contributed by atoms with Gasteiger partial charge in [0.05, 0.1) is 19.9 Å². The van der Waals surface area contributed by atoms with E-state index in [0.717, 1.165) is 41.3 Å². The number of hydrogen-bond acceptors (Lipinski definition) is 5. The maximum absolute atomic E-state index is 6.08. The molecule has 1 fully saturated rings. The molecule has 0 spiro atoms.